The summed E-state index contributed by atoms with van der Waals surface area (Å²) >= 11 is 1.50. The molecule has 0 spiro atoms. The molecule has 0 aromatic carbocycles. The number of rotatable bonds is 9. The quantitative estimate of drug-likeness (QED) is 0.728. The third-order valence-corrected chi connectivity index (χ3v) is 4.12. The fraction of sp³-hybridized carbons (Fsp3) is 0.467. The van der Waals surface area contributed by atoms with E-state index in [-0.39, 0.29) is 18.7 Å². The van der Waals surface area contributed by atoms with Crippen LogP contribution in [0.15, 0.2) is 22.0 Å². The van der Waals surface area contributed by atoms with Crippen LogP contribution in [0.4, 0.5) is 0 Å². The molecule has 2 aromatic rings. The smallest absolute Gasteiger partial charge is 0.326 e. The first kappa shape index (κ1) is 17.1. The molecular formula is C15H19N3O4S. The van der Waals surface area contributed by atoms with Crippen molar-refractivity contribution < 1.29 is 19.2 Å². The zero-order valence-electron chi connectivity index (χ0n) is 12.8. The van der Waals surface area contributed by atoms with Crippen LogP contribution in [-0.2, 0) is 16.0 Å². The van der Waals surface area contributed by atoms with Crippen molar-refractivity contribution in [2.24, 2.45) is 0 Å². The summed E-state index contributed by atoms with van der Waals surface area (Å²) in [6, 6.07) is 2.94. The predicted molar refractivity (Wildman–Crippen MR) is 85.0 cm³/mol. The van der Waals surface area contributed by atoms with Crippen molar-refractivity contribution in [2.45, 2.75) is 45.1 Å². The molecule has 0 saturated carbocycles. The first-order valence-corrected chi connectivity index (χ1v) is 8.36. The summed E-state index contributed by atoms with van der Waals surface area (Å²) < 4.78 is 5.11. The van der Waals surface area contributed by atoms with Crippen LogP contribution in [0.3, 0.4) is 0 Å². The number of carbonyl (C=O) groups excluding carboxylic acids is 1. The normalized spacial score (nSPS) is 12.0. The highest BCUT2D eigenvalue weighted by Crippen LogP contribution is 2.21. The van der Waals surface area contributed by atoms with Gasteiger partial charge in [0.25, 0.3) is 0 Å². The fourth-order valence-corrected chi connectivity index (χ4v) is 2.66. The second-order valence-corrected chi connectivity index (χ2v) is 6.04. The van der Waals surface area contributed by atoms with Crippen LogP contribution in [0.2, 0.25) is 0 Å². The summed E-state index contributed by atoms with van der Waals surface area (Å²) in [5.41, 5.74) is 0. The van der Waals surface area contributed by atoms with Gasteiger partial charge < -0.3 is 14.9 Å². The van der Waals surface area contributed by atoms with E-state index in [0.29, 0.717) is 18.1 Å². The van der Waals surface area contributed by atoms with Gasteiger partial charge in [-0.25, -0.2) is 4.79 Å². The van der Waals surface area contributed by atoms with E-state index in [1.54, 1.807) is 0 Å². The highest BCUT2D eigenvalue weighted by molar-refractivity contribution is 7.13. The lowest BCUT2D eigenvalue weighted by atomic mass is 10.1. The van der Waals surface area contributed by atoms with E-state index < -0.39 is 12.0 Å². The molecule has 124 valence electrons. The van der Waals surface area contributed by atoms with Gasteiger partial charge in [0.1, 0.15) is 6.04 Å². The summed E-state index contributed by atoms with van der Waals surface area (Å²) in [7, 11) is 0. The lowest BCUT2D eigenvalue weighted by molar-refractivity contribution is -0.142. The number of aliphatic carboxylic acids is 1. The third-order valence-electron chi connectivity index (χ3n) is 3.26. The Hall–Kier alpha value is -2.22. The number of amides is 1. The van der Waals surface area contributed by atoms with Crippen LogP contribution < -0.4 is 5.32 Å². The van der Waals surface area contributed by atoms with E-state index in [4.69, 9.17) is 9.63 Å². The zero-order chi connectivity index (χ0) is 16.7. The molecule has 2 heterocycles. The average molecular weight is 337 g/mol. The summed E-state index contributed by atoms with van der Waals surface area (Å²) in [4.78, 5) is 28.1. The van der Waals surface area contributed by atoms with Gasteiger partial charge in [-0.2, -0.15) is 4.98 Å². The highest BCUT2D eigenvalue weighted by Gasteiger charge is 2.19. The molecule has 1 unspecified atom stereocenters. The van der Waals surface area contributed by atoms with Crippen molar-refractivity contribution in [3.8, 4) is 10.7 Å². The van der Waals surface area contributed by atoms with Gasteiger partial charge in [0.2, 0.25) is 17.6 Å². The number of aromatic nitrogens is 2. The Bertz CT molecular complexity index is 639. The number of nitrogens with one attached hydrogen (secondary N) is 1. The van der Waals surface area contributed by atoms with Crippen LogP contribution in [0.1, 0.15) is 38.5 Å². The van der Waals surface area contributed by atoms with Crippen molar-refractivity contribution in [1.82, 2.24) is 15.5 Å². The van der Waals surface area contributed by atoms with Crippen LogP contribution in [0, 0.1) is 0 Å². The molecule has 0 aliphatic carbocycles. The van der Waals surface area contributed by atoms with Gasteiger partial charge >= 0.3 is 5.97 Å². The SMILES string of the molecule is CCCCC(NC(=O)CCc1nc(-c2cccs2)no1)C(=O)O. The molecule has 8 heteroatoms. The number of hydrogen-bond acceptors (Lipinski definition) is 6. The van der Waals surface area contributed by atoms with Crippen molar-refractivity contribution in [2.75, 3.05) is 0 Å². The van der Waals surface area contributed by atoms with E-state index in [9.17, 15) is 9.59 Å². The van der Waals surface area contributed by atoms with Gasteiger partial charge in [0, 0.05) is 12.8 Å². The third kappa shape index (κ3) is 5.17. The maximum absolute atomic E-state index is 11.9. The zero-order valence-corrected chi connectivity index (χ0v) is 13.6. The van der Waals surface area contributed by atoms with E-state index in [1.165, 1.54) is 11.3 Å². The maximum atomic E-state index is 11.9. The summed E-state index contributed by atoms with van der Waals surface area (Å²) in [5, 5.41) is 17.4. The molecule has 1 amide bonds. The van der Waals surface area contributed by atoms with Crippen molar-refractivity contribution in [3.63, 3.8) is 0 Å². The van der Waals surface area contributed by atoms with Crippen LogP contribution in [-0.4, -0.2) is 33.2 Å². The molecule has 0 aliphatic heterocycles. The Morgan fingerprint density at radius 1 is 1.48 bits per heavy atom. The van der Waals surface area contributed by atoms with E-state index in [2.05, 4.69) is 15.5 Å². The largest absolute Gasteiger partial charge is 0.480 e. The lowest BCUT2D eigenvalue weighted by Gasteiger charge is -2.13. The lowest BCUT2D eigenvalue weighted by Crippen LogP contribution is -2.40. The summed E-state index contributed by atoms with van der Waals surface area (Å²) in [5.74, 6) is -0.473. The number of carboxylic acids is 1. The Morgan fingerprint density at radius 3 is 2.96 bits per heavy atom. The molecule has 23 heavy (non-hydrogen) atoms. The van der Waals surface area contributed by atoms with Crippen LogP contribution >= 0.6 is 11.3 Å². The Balaban J connectivity index is 1.83. The van der Waals surface area contributed by atoms with E-state index >= 15 is 0 Å². The topological polar surface area (TPSA) is 105 Å². The number of aryl methyl sites for hydroxylation is 1. The minimum atomic E-state index is -1.01. The predicted octanol–water partition coefficient (Wildman–Crippen LogP) is 2.49. The molecule has 7 nitrogen and oxygen atoms in total. The van der Waals surface area contributed by atoms with Crippen molar-refractivity contribution in [3.05, 3.63) is 23.4 Å². The summed E-state index contributed by atoms with van der Waals surface area (Å²) in [6.45, 7) is 1.97. The number of hydrogen-bond donors (Lipinski definition) is 2. The van der Waals surface area contributed by atoms with Gasteiger partial charge in [0.05, 0.1) is 4.88 Å². The first-order chi connectivity index (χ1) is 11.1. The molecule has 0 fully saturated rings. The Morgan fingerprint density at radius 2 is 2.30 bits per heavy atom. The van der Waals surface area contributed by atoms with E-state index in [1.807, 2.05) is 24.4 Å². The molecule has 2 aromatic heterocycles. The summed E-state index contributed by atoms with van der Waals surface area (Å²) in [6.07, 6.45) is 2.46. The molecule has 0 saturated heterocycles. The van der Waals surface area contributed by atoms with E-state index in [0.717, 1.165) is 17.7 Å². The number of unbranched alkanes of at least 4 members (excludes halogenated alkanes) is 1. The van der Waals surface area contributed by atoms with Crippen LogP contribution in [0.5, 0.6) is 0 Å². The minimum absolute atomic E-state index is 0.113. The van der Waals surface area contributed by atoms with Gasteiger partial charge in [-0.1, -0.05) is 31.0 Å². The fourth-order valence-electron chi connectivity index (χ4n) is 2.01. The number of carbonyl (C=O) groups is 2. The Kier molecular flexibility index (Phi) is 6.28. The number of carboxylic acid groups (broad SMARTS) is 1. The second kappa shape index (κ2) is 8.42. The molecule has 0 radical (unpaired) electrons. The minimum Gasteiger partial charge on any atom is -0.480 e. The standard InChI is InChI=1S/C15H19N3O4S/c1-2-3-5-10(15(20)21)16-12(19)7-8-13-17-14(18-22-13)11-6-4-9-23-11/h4,6,9-10H,2-3,5,7-8H2,1H3,(H,16,19)(H,20,21). The highest BCUT2D eigenvalue weighted by atomic mass is 32.1. The average Bonchev–Trinajstić information content (AvgIpc) is 3.19. The van der Waals surface area contributed by atoms with Crippen molar-refractivity contribution >= 4 is 23.2 Å². The Labute approximate surface area is 137 Å². The molecule has 0 aliphatic rings. The monoisotopic (exact) mass is 337 g/mol. The molecular weight excluding hydrogens is 318 g/mol. The van der Waals surface area contributed by atoms with Crippen molar-refractivity contribution in [1.29, 1.82) is 0 Å². The molecule has 2 rings (SSSR count). The van der Waals surface area contributed by atoms with Crippen LogP contribution in [0.25, 0.3) is 10.7 Å². The maximum Gasteiger partial charge on any atom is 0.326 e. The molecule has 0 bridgehead atoms. The number of thiophene rings is 1. The number of nitrogens with zero attached hydrogens (tertiary/aromatic N) is 2. The van der Waals surface area contributed by atoms with Gasteiger partial charge in [-0.15, -0.1) is 11.3 Å². The molecule has 2 N–H and O–H groups in total. The van der Waals surface area contributed by atoms with Gasteiger partial charge in [0.15, 0.2) is 0 Å². The molecule has 1 atom stereocenters. The van der Waals surface area contributed by atoms with Gasteiger partial charge in [-0.05, 0) is 17.9 Å². The first-order valence-electron chi connectivity index (χ1n) is 7.48. The van der Waals surface area contributed by atoms with Gasteiger partial charge in [-0.3, -0.25) is 4.79 Å². The second-order valence-electron chi connectivity index (χ2n) is 5.09.